The van der Waals surface area contributed by atoms with Crippen LogP contribution in [0.15, 0.2) is 36.5 Å². The predicted octanol–water partition coefficient (Wildman–Crippen LogP) is 3.68. The van der Waals surface area contributed by atoms with E-state index in [1.807, 2.05) is 37.9 Å². The number of rotatable bonds is 6. The maximum Gasteiger partial charge on any atom is 0.238 e. The maximum atomic E-state index is 13.7. The lowest BCUT2D eigenvalue weighted by Crippen LogP contribution is -2.37. The first kappa shape index (κ1) is 18.4. The fourth-order valence-electron chi connectivity index (χ4n) is 2.33. The zero-order chi connectivity index (χ0) is 17.7. The van der Waals surface area contributed by atoms with Gasteiger partial charge in [0.1, 0.15) is 5.82 Å². The Morgan fingerprint density at radius 1 is 1.38 bits per heavy atom. The first-order valence-electron chi connectivity index (χ1n) is 7.72. The molecule has 1 atom stereocenters. The van der Waals surface area contributed by atoms with Crippen molar-refractivity contribution >= 4 is 23.2 Å². The second-order valence-corrected chi connectivity index (χ2v) is 6.40. The quantitative estimate of drug-likeness (QED) is 0.865. The molecule has 0 aliphatic rings. The van der Waals surface area contributed by atoms with Gasteiger partial charge in [0.05, 0.1) is 12.2 Å². The minimum absolute atomic E-state index is 0.125. The second-order valence-electron chi connectivity index (χ2n) is 5.97. The smallest absolute Gasteiger partial charge is 0.238 e. The largest absolute Gasteiger partial charge is 0.322 e. The van der Waals surface area contributed by atoms with Crippen LogP contribution in [0.5, 0.6) is 0 Å². The Balaban J connectivity index is 1.90. The van der Waals surface area contributed by atoms with Crippen LogP contribution in [0.3, 0.4) is 0 Å². The SMILES string of the molecule is Cc1ccnc(CC(C)N(C)CC(=O)Nc2ccc(Cl)cc2F)c1. The molecule has 1 heterocycles. The number of hydrogen-bond donors (Lipinski definition) is 1. The van der Waals surface area contributed by atoms with Gasteiger partial charge in [0.15, 0.2) is 0 Å². The fourth-order valence-corrected chi connectivity index (χ4v) is 2.49. The summed E-state index contributed by atoms with van der Waals surface area (Å²) in [4.78, 5) is 18.4. The molecule has 1 N–H and O–H groups in total. The van der Waals surface area contributed by atoms with Crippen molar-refractivity contribution in [2.75, 3.05) is 18.9 Å². The van der Waals surface area contributed by atoms with Crippen LogP contribution in [-0.2, 0) is 11.2 Å². The summed E-state index contributed by atoms with van der Waals surface area (Å²) in [5, 5.41) is 2.86. The Labute approximate surface area is 146 Å². The number of benzene rings is 1. The summed E-state index contributed by atoms with van der Waals surface area (Å²) in [6, 6.07) is 8.28. The van der Waals surface area contributed by atoms with Crippen LogP contribution in [0, 0.1) is 12.7 Å². The molecular formula is C18H21ClFN3O. The van der Waals surface area contributed by atoms with Gasteiger partial charge in [-0.05, 0) is 56.8 Å². The summed E-state index contributed by atoms with van der Waals surface area (Å²) in [5.74, 6) is -0.821. The Hall–Kier alpha value is -1.98. The molecule has 0 saturated carbocycles. The van der Waals surface area contributed by atoms with E-state index in [9.17, 15) is 9.18 Å². The standard InChI is InChI=1S/C18H21ClFN3O/c1-12-6-7-21-15(8-12)9-13(2)23(3)11-18(24)22-17-5-4-14(19)10-16(17)20/h4-8,10,13H,9,11H2,1-3H3,(H,22,24). The van der Waals surface area contributed by atoms with E-state index in [2.05, 4.69) is 10.3 Å². The van der Waals surface area contributed by atoms with Gasteiger partial charge in [-0.2, -0.15) is 0 Å². The summed E-state index contributed by atoms with van der Waals surface area (Å²) in [6.07, 6.45) is 2.52. The van der Waals surface area contributed by atoms with E-state index in [-0.39, 0.29) is 24.2 Å². The molecule has 4 nitrogen and oxygen atoms in total. The molecule has 2 rings (SSSR count). The number of amides is 1. The average molecular weight is 350 g/mol. The summed E-state index contributed by atoms with van der Waals surface area (Å²) in [7, 11) is 1.86. The normalized spacial score (nSPS) is 12.2. The highest BCUT2D eigenvalue weighted by atomic mass is 35.5. The number of nitrogens with one attached hydrogen (secondary N) is 1. The molecule has 2 aromatic rings. The van der Waals surface area contributed by atoms with Crippen LogP contribution in [0.2, 0.25) is 5.02 Å². The topological polar surface area (TPSA) is 45.2 Å². The molecule has 6 heteroatoms. The zero-order valence-electron chi connectivity index (χ0n) is 14.0. The first-order chi connectivity index (χ1) is 11.3. The number of halogens is 2. The van der Waals surface area contributed by atoms with E-state index in [0.29, 0.717) is 5.02 Å². The highest BCUT2D eigenvalue weighted by molar-refractivity contribution is 6.30. The van der Waals surface area contributed by atoms with E-state index < -0.39 is 5.82 Å². The molecule has 24 heavy (non-hydrogen) atoms. The third-order valence-electron chi connectivity index (χ3n) is 3.83. The molecule has 0 aliphatic heterocycles. The monoisotopic (exact) mass is 349 g/mol. The van der Waals surface area contributed by atoms with Crippen LogP contribution >= 0.6 is 11.6 Å². The van der Waals surface area contributed by atoms with E-state index in [4.69, 9.17) is 11.6 Å². The molecule has 0 radical (unpaired) electrons. The number of aromatic nitrogens is 1. The lowest BCUT2D eigenvalue weighted by atomic mass is 10.1. The van der Waals surface area contributed by atoms with Crippen LogP contribution in [0.1, 0.15) is 18.2 Å². The summed E-state index contributed by atoms with van der Waals surface area (Å²) in [5.41, 5.74) is 2.27. The van der Waals surface area contributed by atoms with Crippen LogP contribution < -0.4 is 5.32 Å². The number of pyridine rings is 1. The number of carbonyl (C=O) groups excluding carboxylic acids is 1. The minimum atomic E-state index is -0.546. The molecular weight excluding hydrogens is 329 g/mol. The molecule has 1 amide bonds. The van der Waals surface area contributed by atoms with Gasteiger partial charge in [0.2, 0.25) is 5.91 Å². The molecule has 128 valence electrons. The van der Waals surface area contributed by atoms with Crippen LogP contribution in [0.4, 0.5) is 10.1 Å². The van der Waals surface area contributed by atoms with E-state index >= 15 is 0 Å². The van der Waals surface area contributed by atoms with Gasteiger partial charge in [-0.15, -0.1) is 0 Å². The van der Waals surface area contributed by atoms with Crippen LogP contribution in [0.25, 0.3) is 0 Å². The lowest BCUT2D eigenvalue weighted by Gasteiger charge is -2.24. The Bertz CT molecular complexity index is 723. The van der Waals surface area contributed by atoms with Gasteiger partial charge >= 0.3 is 0 Å². The van der Waals surface area contributed by atoms with Crippen molar-refractivity contribution in [2.24, 2.45) is 0 Å². The van der Waals surface area contributed by atoms with Gasteiger partial charge < -0.3 is 5.32 Å². The molecule has 0 spiro atoms. The van der Waals surface area contributed by atoms with Crippen molar-refractivity contribution < 1.29 is 9.18 Å². The summed E-state index contributed by atoms with van der Waals surface area (Å²) in [6.45, 7) is 4.21. The fraction of sp³-hybridized carbons (Fsp3) is 0.333. The van der Waals surface area contributed by atoms with Crippen molar-refractivity contribution in [3.63, 3.8) is 0 Å². The number of carbonyl (C=O) groups is 1. The van der Waals surface area contributed by atoms with Gasteiger partial charge in [0, 0.05) is 29.4 Å². The Kier molecular flexibility index (Phi) is 6.29. The minimum Gasteiger partial charge on any atom is -0.322 e. The van der Waals surface area contributed by atoms with Crippen molar-refractivity contribution in [2.45, 2.75) is 26.3 Å². The lowest BCUT2D eigenvalue weighted by molar-refractivity contribution is -0.117. The van der Waals surface area contributed by atoms with Crippen molar-refractivity contribution in [3.05, 3.63) is 58.6 Å². The predicted molar refractivity (Wildman–Crippen MR) is 94.8 cm³/mol. The number of anilines is 1. The number of aryl methyl sites for hydroxylation is 1. The number of nitrogens with zero attached hydrogens (tertiary/aromatic N) is 2. The van der Waals surface area contributed by atoms with Crippen molar-refractivity contribution in [1.29, 1.82) is 0 Å². The van der Waals surface area contributed by atoms with Gasteiger partial charge in [-0.25, -0.2) is 4.39 Å². The highest BCUT2D eigenvalue weighted by Gasteiger charge is 2.15. The van der Waals surface area contributed by atoms with Crippen molar-refractivity contribution in [1.82, 2.24) is 9.88 Å². The van der Waals surface area contributed by atoms with E-state index in [0.717, 1.165) is 17.7 Å². The van der Waals surface area contributed by atoms with E-state index in [1.54, 1.807) is 6.20 Å². The highest BCUT2D eigenvalue weighted by Crippen LogP contribution is 2.18. The first-order valence-corrected chi connectivity index (χ1v) is 8.09. The van der Waals surface area contributed by atoms with Gasteiger partial charge in [-0.1, -0.05) is 11.6 Å². The maximum absolute atomic E-state index is 13.7. The Morgan fingerprint density at radius 3 is 2.79 bits per heavy atom. The molecule has 0 fully saturated rings. The zero-order valence-corrected chi connectivity index (χ0v) is 14.8. The van der Waals surface area contributed by atoms with Crippen LogP contribution in [-0.4, -0.2) is 35.4 Å². The van der Waals surface area contributed by atoms with Gasteiger partial charge in [0.25, 0.3) is 0 Å². The van der Waals surface area contributed by atoms with Gasteiger partial charge in [-0.3, -0.25) is 14.7 Å². The number of likely N-dealkylation sites (N-methyl/N-ethyl adjacent to an activating group) is 1. The van der Waals surface area contributed by atoms with E-state index in [1.165, 1.54) is 18.2 Å². The van der Waals surface area contributed by atoms with Crippen molar-refractivity contribution in [3.8, 4) is 0 Å². The molecule has 1 aromatic carbocycles. The third kappa shape index (κ3) is 5.28. The molecule has 0 bridgehead atoms. The molecule has 1 unspecified atom stereocenters. The summed E-state index contributed by atoms with van der Waals surface area (Å²) < 4.78 is 13.7. The average Bonchev–Trinajstić information content (AvgIpc) is 2.50. The molecule has 1 aromatic heterocycles. The number of hydrogen-bond acceptors (Lipinski definition) is 3. The molecule has 0 aliphatic carbocycles. The summed E-state index contributed by atoms with van der Waals surface area (Å²) >= 11 is 5.70. The Morgan fingerprint density at radius 2 is 2.12 bits per heavy atom. The molecule has 0 saturated heterocycles. The second kappa shape index (κ2) is 8.22. The third-order valence-corrected chi connectivity index (χ3v) is 4.06.